The topological polar surface area (TPSA) is 104 Å². The number of nitrogens with one attached hydrogen (secondary N) is 2. The highest BCUT2D eigenvalue weighted by molar-refractivity contribution is 7.94. The first-order chi connectivity index (χ1) is 11.4. The molecule has 0 bridgehead atoms. The van der Waals surface area contributed by atoms with E-state index in [-0.39, 0.29) is 15.4 Å². The molecule has 0 unspecified atom stereocenters. The minimum atomic E-state index is -3.84. The molecule has 0 radical (unpaired) electrons. The van der Waals surface area contributed by atoms with E-state index < -0.39 is 10.0 Å². The molecule has 0 aliphatic heterocycles. The number of rotatable bonds is 7. The first kappa shape index (κ1) is 18.1. The van der Waals surface area contributed by atoms with Crippen LogP contribution in [-0.4, -0.2) is 37.6 Å². The second kappa shape index (κ2) is 7.58. The summed E-state index contributed by atoms with van der Waals surface area (Å²) in [5, 5.41) is 9.78. The zero-order chi connectivity index (χ0) is 17.7. The third-order valence-corrected chi connectivity index (χ3v) is 5.75. The van der Waals surface area contributed by atoms with E-state index in [4.69, 9.17) is 0 Å². The van der Waals surface area contributed by atoms with E-state index in [1.54, 1.807) is 12.1 Å². The van der Waals surface area contributed by atoms with Gasteiger partial charge in [0.15, 0.2) is 0 Å². The standard InChI is InChI=1S/C14H19N5O3S2/c1-4-19(5-2)12-8-6-11(7-9-12)18-24(21,22)14-17-16-13(23-14)15-10(3)20/h6-9,18H,4-5H2,1-3H3,(H,15,16,20). The lowest BCUT2D eigenvalue weighted by atomic mass is 10.2. The highest BCUT2D eigenvalue weighted by Crippen LogP contribution is 2.24. The first-order valence-electron chi connectivity index (χ1n) is 7.34. The zero-order valence-corrected chi connectivity index (χ0v) is 15.2. The Morgan fingerprint density at radius 1 is 1.17 bits per heavy atom. The molecule has 0 spiro atoms. The number of carbonyl (C=O) groups excluding carboxylic acids is 1. The molecular weight excluding hydrogens is 350 g/mol. The van der Waals surface area contributed by atoms with Gasteiger partial charge in [0.25, 0.3) is 14.4 Å². The number of sulfonamides is 1. The van der Waals surface area contributed by atoms with E-state index in [0.717, 1.165) is 30.1 Å². The molecule has 0 aliphatic rings. The molecule has 10 heteroatoms. The van der Waals surface area contributed by atoms with Crippen molar-refractivity contribution in [2.24, 2.45) is 0 Å². The van der Waals surface area contributed by atoms with Crippen LogP contribution in [0.1, 0.15) is 20.8 Å². The summed E-state index contributed by atoms with van der Waals surface area (Å²) < 4.78 is 26.9. The second-order valence-electron chi connectivity index (χ2n) is 4.88. The first-order valence-corrected chi connectivity index (χ1v) is 9.64. The minimum absolute atomic E-state index is 0.139. The third-order valence-electron chi connectivity index (χ3n) is 3.17. The Labute approximate surface area is 145 Å². The quantitative estimate of drug-likeness (QED) is 0.725. The third kappa shape index (κ3) is 4.42. The monoisotopic (exact) mass is 369 g/mol. The number of benzene rings is 1. The van der Waals surface area contributed by atoms with Gasteiger partial charge in [0.05, 0.1) is 0 Å². The maximum absolute atomic E-state index is 12.3. The Morgan fingerprint density at radius 3 is 2.33 bits per heavy atom. The number of nitrogens with zero attached hydrogens (tertiary/aromatic N) is 3. The lowest BCUT2D eigenvalue weighted by molar-refractivity contribution is -0.114. The van der Waals surface area contributed by atoms with Gasteiger partial charge in [-0.3, -0.25) is 9.52 Å². The summed E-state index contributed by atoms with van der Waals surface area (Å²) in [6, 6.07) is 7.10. The maximum Gasteiger partial charge on any atom is 0.291 e. The number of carbonyl (C=O) groups is 1. The van der Waals surface area contributed by atoms with E-state index in [0.29, 0.717) is 5.69 Å². The number of hydrogen-bond acceptors (Lipinski definition) is 7. The second-order valence-corrected chi connectivity index (χ2v) is 7.71. The van der Waals surface area contributed by atoms with Crippen LogP contribution in [0.3, 0.4) is 0 Å². The Kier molecular flexibility index (Phi) is 5.73. The predicted molar refractivity (Wildman–Crippen MR) is 95.0 cm³/mol. The van der Waals surface area contributed by atoms with E-state index in [9.17, 15) is 13.2 Å². The lowest BCUT2D eigenvalue weighted by Crippen LogP contribution is -2.21. The van der Waals surface area contributed by atoms with Gasteiger partial charge in [-0.2, -0.15) is 8.42 Å². The number of hydrogen-bond donors (Lipinski definition) is 2. The number of anilines is 3. The summed E-state index contributed by atoms with van der Waals surface area (Å²) in [5.74, 6) is -0.338. The number of aromatic nitrogens is 2. The molecule has 0 saturated carbocycles. The van der Waals surface area contributed by atoms with Crippen molar-refractivity contribution < 1.29 is 13.2 Å². The van der Waals surface area contributed by atoms with Crippen molar-refractivity contribution in [2.75, 3.05) is 28.0 Å². The Balaban J connectivity index is 2.14. The molecule has 0 fully saturated rings. The molecule has 0 aliphatic carbocycles. The molecule has 24 heavy (non-hydrogen) atoms. The van der Waals surface area contributed by atoms with Gasteiger partial charge in [0, 0.05) is 31.4 Å². The van der Waals surface area contributed by atoms with Crippen molar-refractivity contribution >= 4 is 43.8 Å². The van der Waals surface area contributed by atoms with Crippen LogP contribution >= 0.6 is 11.3 Å². The van der Waals surface area contributed by atoms with Gasteiger partial charge in [0.1, 0.15) is 0 Å². The molecular formula is C14H19N5O3S2. The highest BCUT2D eigenvalue weighted by atomic mass is 32.2. The summed E-state index contributed by atoms with van der Waals surface area (Å²) in [6.45, 7) is 7.17. The van der Waals surface area contributed by atoms with E-state index in [2.05, 4.69) is 39.0 Å². The van der Waals surface area contributed by atoms with Crippen molar-refractivity contribution in [3.8, 4) is 0 Å². The minimum Gasteiger partial charge on any atom is -0.372 e. The largest absolute Gasteiger partial charge is 0.372 e. The van der Waals surface area contributed by atoms with Gasteiger partial charge in [-0.15, -0.1) is 10.2 Å². The van der Waals surface area contributed by atoms with Crippen molar-refractivity contribution in [1.82, 2.24) is 10.2 Å². The van der Waals surface area contributed by atoms with E-state index in [1.807, 2.05) is 12.1 Å². The fraction of sp³-hybridized carbons (Fsp3) is 0.357. The van der Waals surface area contributed by atoms with Crippen molar-refractivity contribution in [2.45, 2.75) is 25.1 Å². The zero-order valence-electron chi connectivity index (χ0n) is 13.6. The van der Waals surface area contributed by atoms with Crippen LogP contribution in [0.5, 0.6) is 0 Å². The van der Waals surface area contributed by atoms with Crippen LogP contribution in [-0.2, 0) is 14.8 Å². The highest BCUT2D eigenvalue weighted by Gasteiger charge is 2.20. The predicted octanol–water partition coefficient (Wildman–Crippen LogP) is 2.14. The van der Waals surface area contributed by atoms with Crippen molar-refractivity contribution in [1.29, 1.82) is 0 Å². The molecule has 1 amide bonds. The molecule has 2 rings (SSSR count). The van der Waals surface area contributed by atoms with Gasteiger partial charge in [0.2, 0.25) is 11.0 Å². The Hall–Kier alpha value is -2.20. The molecule has 130 valence electrons. The average Bonchev–Trinajstić information content (AvgIpc) is 2.98. The molecule has 1 aromatic carbocycles. The lowest BCUT2D eigenvalue weighted by Gasteiger charge is -2.21. The SMILES string of the molecule is CCN(CC)c1ccc(NS(=O)(=O)c2nnc(NC(C)=O)s2)cc1. The van der Waals surface area contributed by atoms with E-state index >= 15 is 0 Å². The van der Waals surface area contributed by atoms with E-state index in [1.165, 1.54) is 6.92 Å². The van der Waals surface area contributed by atoms with Gasteiger partial charge in [-0.25, -0.2) is 0 Å². The molecule has 0 atom stereocenters. The Morgan fingerprint density at radius 2 is 1.79 bits per heavy atom. The Bertz CT molecular complexity index is 798. The summed E-state index contributed by atoms with van der Waals surface area (Å²) in [7, 11) is -3.84. The normalized spacial score (nSPS) is 11.1. The van der Waals surface area contributed by atoms with Crippen LogP contribution in [0.15, 0.2) is 28.6 Å². The fourth-order valence-corrected chi connectivity index (χ4v) is 4.05. The van der Waals surface area contributed by atoms with Gasteiger partial charge >= 0.3 is 0 Å². The molecule has 2 N–H and O–H groups in total. The molecule has 8 nitrogen and oxygen atoms in total. The van der Waals surface area contributed by atoms with Crippen molar-refractivity contribution in [3.05, 3.63) is 24.3 Å². The van der Waals surface area contributed by atoms with Crippen molar-refractivity contribution in [3.63, 3.8) is 0 Å². The summed E-state index contributed by atoms with van der Waals surface area (Å²) in [4.78, 5) is 13.1. The fourth-order valence-electron chi connectivity index (χ4n) is 2.05. The summed E-state index contributed by atoms with van der Waals surface area (Å²) in [6.07, 6.45) is 0. The van der Waals surface area contributed by atoms with Crippen LogP contribution in [0.4, 0.5) is 16.5 Å². The molecule has 1 aromatic heterocycles. The smallest absolute Gasteiger partial charge is 0.291 e. The van der Waals surface area contributed by atoms with Gasteiger partial charge in [-0.05, 0) is 38.1 Å². The van der Waals surface area contributed by atoms with Gasteiger partial charge < -0.3 is 10.2 Å². The van der Waals surface area contributed by atoms with Crippen LogP contribution in [0.2, 0.25) is 0 Å². The summed E-state index contributed by atoms with van der Waals surface area (Å²) in [5.41, 5.74) is 1.45. The van der Waals surface area contributed by atoms with Crippen LogP contribution in [0.25, 0.3) is 0 Å². The summed E-state index contributed by atoms with van der Waals surface area (Å²) >= 11 is 0.790. The van der Waals surface area contributed by atoms with Crippen LogP contribution in [0, 0.1) is 0 Å². The average molecular weight is 369 g/mol. The van der Waals surface area contributed by atoms with Gasteiger partial charge in [-0.1, -0.05) is 11.3 Å². The van der Waals surface area contributed by atoms with Crippen LogP contribution < -0.4 is 14.9 Å². The molecule has 1 heterocycles. The maximum atomic E-state index is 12.3. The number of amides is 1. The molecule has 0 saturated heterocycles. The molecule has 2 aromatic rings.